The van der Waals surface area contributed by atoms with Crippen LogP contribution in [-0.4, -0.2) is 29.9 Å². The van der Waals surface area contributed by atoms with Gasteiger partial charge in [0.15, 0.2) is 12.1 Å². The summed E-state index contributed by atoms with van der Waals surface area (Å²) in [6.07, 6.45) is -0.913. The van der Waals surface area contributed by atoms with Crippen LogP contribution in [0.25, 0.3) is 0 Å². The van der Waals surface area contributed by atoms with Crippen LogP contribution in [-0.2, 0) is 14.4 Å². The van der Waals surface area contributed by atoms with E-state index in [0.29, 0.717) is 11.7 Å². The third-order valence-electron chi connectivity index (χ3n) is 3.06. The van der Waals surface area contributed by atoms with Gasteiger partial charge >= 0.3 is 0 Å². The average molecular weight is 307 g/mol. The van der Waals surface area contributed by atoms with Crippen LogP contribution in [0.5, 0.6) is 5.75 Å². The van der Waals surface area contributed by atoms with Crippen LogP contribution in [0.2, 0.25) is 0 Å². The molecule has 7 heteroatoms. The maximum atomic E-state index is 11.9. The summed E-state index contributed by atoms with van der Waals surface area (Å²) in [5, 5.41) is 2.16. The number of amides is 3. The molecule has 0 aliphatic heterocycles. The Kier molecular flexibility index (Phi) is 5.91. The number of carbonyl (C=O) groups is 3. The van der Waals surface area contributed by atoms with Crippen LogP contribution in [0.3, 0.4) is 0 Å². The Morgan fingerprint density at radius 3 is 2.18 bits per heavy atom. The van der Waals surface area contributed by atoms with Crippen LogP contribution in [0.4, 0.5) is 0 Å². The molecule has 0 aliphatic rings. The van der Waals surface area contributed by atoms with Crippen molar-refractivity contribution in [1.82, 2.24) is 5.32 Å². The van der Waals surface area contributed by atoms with E-state index in [2.05, 4.69) is 5.32 Å². The first-order valence-electron chi connectivity index (χ1n) is 6.88. The quantitative estimate of drug-likeness (QED) is 0.615. The molecule has 0 fully saturated rings. The van der Waals surface area contributed by atoms with Gasteiger partial charge in [0.25, 0.3) is 5.91 Å². The normalized spacial score (nSPS) is 12.0. The SMILES string of the molecule is CC(C)c1cccc(O[C@H](C)C(=O)NC(C(N)=O)C(N)=O)c1. The Morgan fingerprint density at radius 1 is 1.09 bits per heavy atom. The Labute approximate surface area is 129 Å². The van der Waals surface area contributed by atoms with Gasteiger partial charge in [-0.25, -0.2) is 0 Å². The standard InChI is InChI=1S/C15H21N3O4/c1-8(2)10-5-4-6-11(7-10)22-9(3)15(21)18-12(13(16)19)14(17)20/h4-9,12H,1-3H3,(H2,16,19)(H2,17,20)(H,18,21)/t9-/m1/s1. The minimum Gasteiger partial charge on any atom is -0.481 e. The second-order valence-electron chi connectivity index (χ2n) is 5.23. The minimum absolute atomic E-state index is 0.321. The largest absolute Gasteiger partial charge is 0.481 e. The highest BCUT2D eigenvalue weighted by molar-refractivity contribution is 6.06. The number of nitrogens with one attached hydrogen (secondary N) is 1. The number of hydrogen-bond donors (Lipinski definition) is 3. The molecule has 0 heterocycles. The lowest BCUT2D eigenvalue weighted by Crippen LogP contribution is -2.55. The number of nitrogens with two attached hydrogens (primary N) is 2. The number of rotatable bonds is 7. The molecule has 0 aromatic heterocycles. The molecule has 0 saturated carbocycles. The van der Waals surface area contributed by atoms with Crippen molar-refractivity contribution in [2.24, 2.45) is 11.5 Å². The zero-order valence-corrected chi connectivity index (χ0v) is 12.8. The zero-order valence-electron chi connectivity index (χ0n) is 12.8. The van der Waals surface area contributed by atoms with E-state index in [-0.39, 0.29) is 0 Å². The molecule has 7 nitrogen and oxygen atoms in total. The van der Waals surface area contributed by atoms with Crippen LogP contribution in [0, 0.1) is 0 Å². The van der Waals surface area contributed by atoms with Gasteiger partial charge in [0.1, 0.15) is 5.75 Å². The van der Waals surface area contributed by atoms with Crippen molar-refractivity contribution >= 4 is 17.7 Å². The number of hydrogen-bond acceptors (Lipinski definition) is 4. The highest BCUT2D eigenvalue weighted by Gasteiger charge is 2.26. The first-order chi connectivity index (χ1) is 10.2. The van der Waals surface area contributed by atoms with Crippen molar-refractivity contribution in [3.05, 3.63) is 29.8 Å². The molecular formula is C15H21N3O4. The average Bonchev–Trinajstić information content (AvgIpc) is 2.43. The molecule has 0 aliphatic carbocycles. The van der Waals surface area contributed by atoms with Crippen molar-refractivity contribution in [3.63, 3.8) is 0 Å². The van der Waals surface area contributed by atoms with Gasteiger partial charge in [-0.2, -0.15) is 0 Å². The number of ether oxygens (including phenoxy) is 1. The van der Waals surface area contributed by atoms with Gasteiger partial charge in [0.05, 0.1) is 0 Å². The summed E-state index contributed by atoms with van der Waals surface area (Å²) in [4.78, 5) is 34.0. The Balaban J connectivity index is 2.73. The van der Waals surface area contributed by atoms with Crippen LogP contribution in [0.15, 0.2) is 24.3 Å². The van der Waals surface area contributed by atoms with Gasteiger partial charge in [0, 0.05) is 0 Å². The van der Waals surface area contributed by atoms with Gasteiger partial charge in [0.2, 0.25) is 11.8 Å². The molecule has 0 unspecified atom stereocenters. The molecule has 120 valence electrons. The number of benzene rings is 1. The molecule has 0 saturated heterocycles. The van der Waals surface area contributed by atoms with E-state index in [4.69, 9.17) is 16.2 Å². The molecule has 22 heavy (non-hydrogen) atoms. The van der Waals surface area contributed by atoms with E-state index in [1.54, 1.807) is 6.07 Å². The third kappa shape index (κ3) is 4.76. The first kappa shape index (κ1) is 17.5. The molecule has 0 bridgehead atoms. The molecule has 1 rings (SSSR count). The number of carbonyl (C=O) groups excluding carboxylic acids is 3. The smallest absolute Gasteiger partial charge is 0.261 e. The molecular weight excluding hydrogens is 286 g/mol. The second kappa shape index (κ2) is 7.44. The van der Waals surface area contributed by atoms with Gasteiger partial charge in [-0.1, -0.05) is 26.0 Å². The fraction of sp³-hybridized carbons (Fsp3) is 0.400. The monoisotopic (exact) mass is 307 g/mol. The summed E-state index contributed by atoms with van der Waals surface area (Å²) in [6, 6.07) is 5.77. The summed E-state index contributed by atoms with van der Waals surface area (Å²) in [5.41, 5.74) is 11.1. The Morgan fingerprint density at radius 2 is 1.68 bits per heavy atom. The van der Waals surface area contributed by atoms with Crippen molar-refractivity contribution in [3.8, 4) is 5.75 Å². The first-order valence-corrected chi connectivity index (χ1v) is 6.88. The highest BCUT2D eigenvalue weighted by Crippen LogP contribution is 2.20. The molecule has 1 aromatic carbocycles. The summed E-state index contributed by atoms with van der Waals surface area (Å²) in [5.74, 6) is -1.85. The topological polar surface area (TPSA) is 125 Å². The van der Waals surface area contributed by atoms with E-state index in [0.717, 1.165) is 5.56 Å². The molecule has 1 atom stereocenters. The van der Waals surface area contributed by atoms with Crippen LogP contribution in [0.1, 0.15) is 32.3 Å². The summed E-state index contributed by atoms with van der Waals surface area (Å²) in [7, 11) is 0. The lowest BCUT2D eigenvalue weighted by atomic mass is 10.0. The molecule has 5 N–H and O–H groups in total. The molecule has 3 amide bonds. The maximum absolute atomic E-state index is 11.9. The Hall–Kier alpha value is -2.57. The summed E-state index contributed by atoms with van der Waals surface area (Å²) >= 11 is 0. The fourth-order valence-electron chi connectivity index (χ4n) is 1.75. The summed E-state index contributed by atoms with van der Waals surface area (Å²) < 4.78 is 5.51. The third-order valence-corrected chi connectivity index (χ3v) is 3.06. The van der Waals surface area contributed by atoms with E-state index < -0.39 is 29.9 Å². The van der Waals surface area contributed by atoms with Crippen molar-refractivity contribution < 1.29 is 19.1 Å². The van der Waals surface area contributed by atoms with E-state index in [1.165, 1.54) is 6.92 Å². The van der Waals surface area contributed by atoms with Gasteiger partial charge in [-0.3, -0.25) is 14.4 Å². The van der Waals surface area contributed by atoms with Gasteiger partial charge < -0.3 is 21.5 Å². The van der Waals surface area contributed by atoms with Crippen molar-refractivity contribution in [2.75, 3.05) is 0 Å². The van der Waals surface area contributed by atoms with E-state index in [9.17, 15) is 14.4 Å². The lowest BCUT2D eigenvalue weighted by molar-refractivity contribution is -0.136. The molecule has 0 radical (unpaired) electrons. The van der Waals surface area contributed by atoms with Crippen LogP contribution < -0.4 is 21.5 Å². The van der Waals surface area contributed by atoms with Gasteiger partial charge in [-0.15, -0.1) is 0 Å². The fourth-order valence-corrected chi connectivity index (χ4v) is 1.75. The Bertz CT molecular complexity index is 558. The predicted molar refractivity (Wildman–Crippen MR) is 80.9 cm³/mol. The highest BCUT2D eigenvalue weighted by atomic mass is 16.5. The van der Waals surface area contributed by atoms with Crippen molar-refractivity contribution in [1.29, 1.82) is 0 Å². The second-order valence-corrected chi connectivity index (χ2v) is 5.23. The molecule has 1 aromatic rings. The van der Waals surface area contributed by atoms with Crippen LogP contribution >= 0.6 is 0 Å². The zero-order chi connectivity index (χ0) is 16.9. The maximum Gasteiger partial charge on any atom is 0.261 e. The van der Waals surface area contributed by atoms with Crippen molar-refractivity contribution in [2.45, 2.75) is 38.8 Å². The lowest BCUT2D eigenvalue weighted by Gasteiger charge is -2.18. The van der Waals surface area contributed by atoms with E-state index in [1.807, 2.05) is 32.0 Å². The number of primary amides is 2. The van der Waals surface area contributed by atoms with Gasteiger partial charge in [-0.05, 0) is 30.5 Å². The minimum atomic E-state index is -1.56. The summed E-state index contributed by atoms with van der Waals surface area (Å²) in [6.45, 7) is 5.58. The van der Waals surface area contributed by atoms with E-state index >= 15 is 0 Å². The predicted octanol–water partition coefficient (Wildman–Crippen LogP) is 0.0327. The molecule has 0 spiro atoms.